The lowest BCUT2D eigenvalue weighted by Crippen LogP contribution is -2.40. The van der Waals surface area contributed by atoms with Crippen molar-refractivity contribution in [2.75, 3.05) is 5.73 Å². The van der Waals surface area contributed by atoms with Gasteiger partial charge in [0.15, 0.2) is 0 Å². The van der Waals surface area contributed by atoms with Gasteiger partial charge < -0.3 is 11.1 Å². The standard InChI is InChI=1S/C12H14N4OS/c1-12(2,11-14-5-6-18-11)16-10(17)8-3-4-9(13)15-7-8/h3-7H,1-2H3,(H2,13,15)(H,16,17). The van der Waals surface area contributed by atoms with Crippen LogP contribution in [-0.4, -0.2) is 15.9 Å². The number of nitrogens with one attached hydrogen (secondary N) is 1. The van der Waals surface area contributed by atoms with E-state index in [0.29, 0.717) is 11.4 Å². The fraction of sp³-hybridized carbons (Fsp3) is 0.250. The second kappa shape index (κ2) is 4.73. The summed E-state index contributed by atoms with van der Waals surface area (Å²) in [6.45, 7) is 3.82. The van der Waals surface area contributed by atoms with Gasteiger partial charge in [0.05, 0.1) is 11.1 Å². The maximum atomic E-state index is 12.1. The lowest BCUT2D eigenvalue weighted by atomic mass is 10.1. The number of nitrogens with zero attached hydrogens (tertiary/aromatic N) is 2. The summed E-state index contributed by atoms with van der Waals surface area (Å²) < 4.78 is 0. The largest absolute Gasteiger partial charge is 0.384 e. The van der Waals surface area contributed by atoms with E-state index in [1.54, 1.807) is 18.3 Å². The second-order valence-electron chi connectivity index (χ2n) is 4.39. The number of nitrogen functional groups attached to an aromatic ring is 1. The SMILES string of the molecule is CC(C)(NC(=O)c1ccc(N)nc1)c1nccs1. The number of nitrogens with two attached hydrogens (primary N) is 1. The summed E-state index contributed by atoms with van der Waals surface area (Å²) >= 11 is 1.51. The fourth-order valence-corrected chi connectivity index (χ4v) is 2.20. The number of anilines is 1. The highest BCUT2D eigenvalue weighted by Gasteiger charge is 2.25. The van der Waals surface area contributed by atoms with Crippen LogP contribution in [-0.2, 0) is 5.54 Å². The molecular weight excluding hydrogens is 248 g/mol. The van der Waals surface area contributed by atoms with Crippen molar-refractivity contribution < 1.29 is 4.79 Å². The van der Waals surface area contributed by atoms with Crippen molar-refractivity contribution in [3.63, 3.8) is 0 Å². The smallest absolute Gasteiger partial charge is 0.253 e. The third-order valence-corrected chi connectivity index (χ3v) is 3.54. The second-order valence-corrected chi connectivity index (χ2v) is 5.28. The van der Waals surface area contributed by atoms with Gasteiger partial charge >= 0.3 is 0 Å². The Balaban J connectivity index is 2.14. The average Bonchev–Trinajstić information content (AvgIpc) is 2.83. The van der Waals surface area contributed by atoms with Crippen LogP contribution in [0.15, 0.2) is 29.9 Å². The van der Waals surface area contributed by atoms with Gasteiger partial charge in [-0.2, -0.15) is 0 Å². The summed E-state index contributed by atoms with van der Waals surface area (Å²) in [7, 11) is 0. The molecule has 0 unspecified atom stereocenters. The molecule has 5 nitrogen and oxygen atoms in total. The Labute approximate surface area is 109 Å². The van der Waals surface area contributed by atoms with Gasteiger partial charge in [-0.05, 0) is 26.0 Å². The lowest BCUT2D eigenvalue weighted by Gasteiger charge is -2.23. The monoisotopic (exact) mass is 262 g/mol. The van der Waals surface area contributed by atoms with Crippen molar-refractivity contribution >= 4 is 23.1 Å². The first-order valence-electron chi connectivity index (χ1n) is 5.43. The van der Waals surface area contributed by atoms with E-state index >= 15 is 0 Å². The molecule has 0 fully saturated rings. The molecule has 1 amide bonds. The number of hydrogen-bond acceptors (Lipinski definition) is 5. The number of carbonyl (C=O) groups excluding carboxylic acids is 1. The number of pyridine rings is 1. The molecule has 2 aromatic rings. The molecule has 94 valence electrons. The molecular formula is C12H14N4OS. The van der Waals surface area contributed by atoms with E-state index < -0.39 is 5.54 Å². The minimum atomic E-state index is -0.507. The maximum absolute atomic E-state index is 12.1. The highest BCUT2D eigenvalue weighted by atomic mass is 32.1. The Hall–Kier alpha value is -1.95. The zero-order chi connectivity index (χ0) is 13.2. The van der Waals surface area contributed by atoms with Crippen LogP contribution in [0.2, 0.25) is 0 Å². The molecule has 0 saturated carbocycles. The Morgan fingerprint density at radius 2 is 2.17 bits per heavy atom. The molecule has 0 saturated heterocycles. The summed E-state index contributed by atoms with van der Waals surface area (Å²) in [5.41, 5.74) is 5.45. The van der Waals surface area contributed by atoms with Crippen molar-refractivity contribution in [1.82, 2.24) is 15.3 Å². The van der Waals surface area contributed by atoms with Crippen molar-refractivity contribution in [2.45, 2.75) is 19.4 Å². The molecule has 0 aliphatic carbocycles. The quantitative estimate of drug-likeness (QED) is 0.883. The number of amides is 1. The van der Waals surface area contributed by atoms with Crippen molar-refractivity contribution in [3.8, 4) is 0 Å². The summed E-state index contributed by atoms with van der Waals surface area (Å²) in [6, 6.07) is 3.25. The molecule has 2 aromatic heterocycles. The third kappa shape index (κ3) is 2.65. The molecule has 0 aliphatic rings. The maximum Gasteiger partial charge on any atom is 0.253 e. The van der Waals surface area contributed by atoms with Gasteiger partial charge in [-0.25, -0.2) is 9.97 Å². The lowest BCUT2D eigenvalue weighted by molar-refractivity contribution is 0.0911. The summed E-state index contributed by atoms with van der Waals surface area (Å²) in [5.74, 6) is 0.202. The summed E-state index contributed by atoms with van der Waals surface area (Å²) in [6.07, 6.45) is 3.18. The summed E-state index contributed by atoms with van der Waals surface area (Å²) in [5, 5.41) is 5.67. The van der Waals surface area contributed by atoms with Gasteiger partial charge in [-0.15, -0.1) is 11.3 Å². The molecule has 2 rings (SSSR count). The van der Waals surface area contributed by atoms with Crippen LogP contribution >= 0.6 is 11.3 Å². The first-order valence-corrected chi connectivity index (χ1v) is 6.31. The van der Waals surface area contributed by atoms with E-state index in [-0.39, 0.29) is 5.91 Å². The molecule has 0 atom stereocenters. The Morgan fingerprint density at radius 1 is 1.39 bits per heavy atom. The zero-order valence-corrected chi connectivity index (χ0v) is 11.0. The number of rotatable bonds is 3. The van der Waals surface area contributed by atoms with E-state index in [2.05, 4.69) is 15.3 Å². The van der Waals surface area contributed by atoms with E-state index in [9.17, 15) is 4.79 Å². The number of thiazole rings is 1. The zero-order valence-electron chi connectivity index (χ0n) is 10.2. The molecule has 0 aliphatic heterocycles. The van der Waals surface area contributed by atoms with E-state index in [4.69, 9.17) is 5.73 Å². The highest BCUT2D eigenvalue weighted by Crippen LogP contribution is 2.22. The Bertz CT molecular complexity index is 534. The topological polar surface area (TPSA) is 80.9 Å². The van der Waals surface area contributed by atoms with Crippen LogP contribution in [0.4, 0.5) is 5.82 Å². The molecule has 2 heterocycles. The molecule has 6 heteroatoms. The molecule has 0 radical (unpaired) electrons. The van der Waals surface area contributed by atoms with Gasteiger partial charge in [0, 0.05) is 17.8 Å². The van der Waals surface area contributed by atoms with E-state index in [0.717, 1.165) is 5.01 Å². The van der Waals surface area contributed by atoms with Crippen LogP contribution < -0.4 is 11.1 Å². The third-order valence-electron chi connectivity index (χ3n) is 2.44. The Kier molecular flexibility index (Phi) is 3.29. The van der Waals surface area contributed by atoms with Crippen LogP contribution in [0.1, 0.15) is 29.2 Å². The molecule has 18 heavy (non-hydrogen) atoms. The normalized spacial score (nSPS) is 11.2. The van der Waals surface area contributed by atoms with E-state index in [1.165, 1.54) is 17.5 Å². The first kappa shape index (κ1) is 12.5. The van der Waals surface area contributed by atoms with Gasteiger partial charge in [0.1, 0.15) is 10.8 Å². The predicted molar refractivity (Wildman–Crippen MR) is 71.3 cm³/mol. The van der Waals surface area contributed by atoms with Gasteiger partial charge in [-0.3, -0.25) is 4.79 Å². The minimum Gasteiger partial charge on any atom is -0.384 e. The molecule has 0 spiro atoms. The van der Waals surface area contributed by atoms with Gasteiger partial charge in [0.25, 0.3) is 5.91 Å². The number of carbonyl (C=O) groups is 1. The average molecular weight is 262 g/mol. The van der Waals surface area contributed by atoms with Crippen LogP contribution in [0.5, 0.6) is 0 Å². The van der Waals surface area contributed by atoms with Crippen LogP contribution in [0.25, 0.3) is 0 Å². The van der Waals surface area contributed by atoms with Crippen LogP contribution in [0, 0.1) is 0 Å². The summed E-state index contributed by atoms with van der Waals surface area (Å²) in [4.78, 5) is 20.2. The predicted octanol–water partition coefficient (Wildman–Crippen LogP) is 1.79. The molecule has 0 bridgehead atoms. The minimum absolute atomic E-state index is 0.192. The number of aromatic nitrogens is 2. The van der Waals surface area contributed by atoms with Crippen LogP contribution in [0.3, 0.4) is 0 Å². The highest BCUT2D eigenvalue weighted by molar-refractivity contribution is 7.09. The molecule has 3 N–H and O–H groups in total. The van der Waals surface area contributed by atoms with Gasteiger partial charge in [-0.1, -0.05) is 0 Å². The van der Waals surface area contributed by atoms with E-state index in [1.807, 2.05) is 19.2 Å². The fourth-order valence-electron chi connectivity index (χ4n) is 1.48. The first-order chi connectivity index (χ1) is 8.49. The van der Waals surface area contributed by atoms with Crippen molar-refractivity contribution in [1.29, 1.82) is 0 Å². The Morgan fingerprint density at radius 3 is 2.72 bits per heavy atom. The number of hydrogen-bond donors (Lipinski definition) is 2. The van der Waals surface area contributed by atoms with Gasteiger partial charge in [0.2, 0.25) is 0 Å². The van der Waals surface area contributed by atoms with Crippen molar-refractivity contribution in [3.05, 3.63) is 40.5 Å². The van der Waals surface area contributed by atoms with Crippen molar-refractivity contribution in [2.24, 2.45) is 0 Å². The molecule has 0 aromatic carbocycles.